The minimum Gasteiger partial charge on any atom is -0.289 e. The summed E-state index contributed by atoms with van der Waals surface area (Å²) in [5.74, 6) is 4.77. The van der Waals surface area contributed by atoms with Crippen LogP contribution in [0.25, 0.3) is 5.65 Å². The van der Waals surface area contributed by atoms with Crippen molar-refractivity contribution in [2.24, 2.45) is 5.84 Å². The molecule has 0 atom stereocenters. The maximum absolute atomic E-state index is 12.1. The number of hydrogen-bond acceptors (Lipinski definition) is 5. The normalized spacial score (nSPS) is 10.8. The number of nitrogens with zero attached hydrogens (tertiary/aromatic N) is 3. The molecule has 102 valence electrons. The van der Waals surface area contributed by atoms with E-state index in [1.54, 1.807) is 29.8 Å². The molecule has 8 heteroatoms. The monoisotopic (exact) mass is 289 g/mol. The molecule has 0 aliphatic rings. The molecule has 0 saturated heterocycles. The van der Waals surface area contributed by atoms with Gasteiger partial charge in [-0.05, 0) is 29.1 Å². The third kappa shape index (κ3) is 2.00. The van der Waals surface area contributed by atoms with Crippen LogP contribution in [0.4, 0.5) is 0 Å². The Bertz CT molecular complexity index is 832. The summed E-state index contributed by atoms with van der Waals surface area (Å²) in [6.45, 7) is 0.229. The van der Waals surface area contributed by atoms with Crippen LogP contribution < -0.4 is 17.0 Å². The molecule has 20 heavy (non-hydrogen) atoms. The first-order valence-electron chi connectivity index (χ1n) is 5.82. The number of carbonyl (C=O) groups is 1. The van der Waals surface area contributed by atoms with E-state index in [4.69, 9.17) is 5.84 Å². The number of nitrogen functional groups attached to an aromatic ring is 1. The zero-order valence-electron chi connectivity index (χ0n) is 10.3. The van der Waals surface area contributed by atoms with Crippen molar-refractivity contribution in [3.63, 3.8) is 0 Å². The van der Waals surface area contributed by atoms with E-state index in [2.05, 4.69) is 10.5 Å². The fourth-order valence-corrected chi connectivity index (χ4v) is 2.78. The highest BCUT2D eigenvalue weighted by molar-refractivity contribution is 7.12. The molecule has 0 radical (unpaired) electrons. The average molecular weight is 289 g/mol. The predicted octanol–water partition coefficient (Wildman–Crippen LogP) is 0.209. The third-order valence-corrected chi connectivity index (χ3v) is 3.85. The van der Waals surface area contributed by atoms with Gasteiger partial charge in [0.05, 0.1) is 11.4 Å². The van der Waals surface area contributed by atoms with E-state index in [1.807, 2.05) is 6.07 Å². The van der Waals surface area contributed by atoms with Crippen LogP contribution in [0.3, 0.4) is 0 Å². The van der Waals surface area contributed by atoms with Gasteiger partial charge in [0.2, 0.25) is 0 Å². The lowest BCUT2D eigenvalue weighted by Gasteiger charge is -2.01. The summed E-state index contributed by atoms with van der Waals surface area (Å²) >= 11 is 1.27. The first-order valence-corrected chi connectivity index (χ1v) is 6.70. The lowest BCUT2D eigenvalue weighted by molar-refractivity contribution is 0.0956. The van der Waals surface area contributed by atoms with Gasteiger partial charge in [0, 0.05) is 6.20 Å². The van der Waals surface area contributed by atoms with Crippen LogP contribution in [-0.4, -0.2) is 20.1 Å². The summed E-state index contributed by atoms with van der Waals surface area (Å²) < 4.78 is 2.78. The quantitative estimate of drug-likeness (QED) is 0.409. The molecule has 3 heterocycles. The third-order valence-electron chi connectivity index (χ3n) is 2.89. The number of nitrogens with two attached hydrogens (primary N) is 1. The minimum atomic E-state index is -0.369. The van der Waals surface area contributed by atoms with Crippen molar-refractivity contribution in [2.45, 2.75) is 6.54 Å². The second-order valence-electron chi connectivity index (χ2n) is 4.12. The highest BCUT2D eigenvalue weighted by Crippen LogP contribution is 2.17. The SMILES string of the molecule is NNC(=O)c1sccc1Cn1nc2ccccn2c1=O. The van der Waals surface area contributed by atoms with E-state index in [1.165, 1.54) is 20.4 Å². The summed E-state index contributed by atoms with van der Waals surface area (Å²) in [7, 11) is 0. The van der Waals surface area contributed by atoms with Gasteiger partial charge in [0.15, 0.2) is 5.65 Å². The number of hydrazine groups is 1. The summed E-state index contributed by atoms with van der Waals surface area (Å²) in [5.41, 5.74) is 3.13. The maximum Gasteiger partial charge on any atom is 0.350 e. The zero-order valence-corrected chi connectivity index (χ0v) is 11.1. The van der Waals surface area contributed by atoms with E-state index in [0.717, 1.165) is 0 Å². The highest BCUT2D eigenvalue weighted by atomic mass is 32.1. The molecular weight excluding hydrogens is 278 g/mol. The fraction of sp³-hybridized carbons (Fsp3) is 0.0833. The highest BCUT2D eigenvalue weighted by Gasteiger charge is 2.14. The zero-order chi connectivity index (χ0) is 14.1. The molecule has 1 amide bonds. The molecule has 0 spiro atoms. The molecule has 0 fully saturated rings. The number of amides is 1. The smallest absolute Gasteiger partial charge is 0.289 e. The summed E-state index contributed by atoms with van der Waals surface area (Å²) in [5, 5.41) is 6.00. The largest absolute Gasteiger partial charge is 0.350 e. The van der Waals surface area contributed by atoms with Gasteiger partial charge < -0.3 is 0 Å². The topological polar surface area (TPSA) is 94.4 Å². The second-order valence-corrected chi connectivity index (χ2v) is 5.03. The van der Waals surface area contributed by atoms with Crippen molar-refractivity contribution >= 4 is 22.9 Å². The fourth-order valence-electron chi connectivity index (χ4n) is 1.96. The van der Waals surface area contributed by atoms with Crippen LogP contribution in [-0.2, 0) is 6.54 Å². The molecule has 7 nitrogen and oxygen atoms in total. The first-order chi connectivity index (χ1) is 9.70. The number of aromatic nitrogens is 3. The van der Waals surface area contributed by atoms with Crippen molar-refractivity contribution in [2.75, 3.05) is 0 Å². The number of hydrogen-bond donors (Lipinski definition) is 2. The Balaban J connectivity index is 2.02. The number of rotatable bonds is 3. The summed E-state index contributed by atoms with van der Waals surface area (Å²) in [6.07, 6.45) is 1.66. The molecule has 0 aromatic carbocycles. The van der Waals surface area contributed by atoms with Gasteiger partial charge in [0.1, 0.15) is 0 Å². The van der Waals surface area contributed by atoms with Gasteiger partial charge in [-0.2, -0.15) is 0 Å². The van der Waals surface area contributed by atoms with E-state index in [9.17, 15) is 9.59 Å². The number of fused-ring (bicyclic) bond motifs is 1. The van der Waals surface area contributed by atoms with Gasteiger partial charge in [-0.25, -0.2) is 15.3 Å². The molecule has 0 bridgehead atoms. The van der Waals surface area contributed by atoms with Crippen molar-refractivity contribution in [3.8, 4) is 0 Å². The first kappa shape index (κ1) is 12.6. The average Bonchev–Trinajstić information content (AvgIpc) is 3.05. The van der Waals surface area contributed by atoms with Crippen molar-refractivity contribution < 1.29 is 4.79 Å². The van der Waals surface area contributed by atoms with E-state index >= 15 is 0 Å². The summed E-state index contributed by atoms with van der Waals surface area (Å²) in [6, 6.07) is 7.10. The van der Waals surface area contributed by atoms with Crippen LogP contribution >= 0.6 is 11.3 Å². The molecule has 0 aliphatic carbocycles. The molecule has 0 aliphatic heterocycles. The van der Waals surface area contributed by atoms with E-state index < -0.39 is 0 Å². The molecule has 3 aromatic rings. The predicted molar refractivity (Wildman–Crippen MR) is 74.5 cm³/mol. The van der Waals surface area contributed by atoms with Crippen LogP contribution in [0.1, 0.15) is 15.2 Å². The standard InChI is InChI=1S/C12H11N5O2S/c13-14-11(18)10-8(4-6-20-10)7-17-12(19)16-5-2-1-3-9(16)15-17/h1-6H,7,13H2,(H,14,18). The lowest BCUT2D eigenvalue weighted by Crippen LogP contribution is -2.30. The molecule has 0 unspecified atom stereocenters. The number of carbonyl (C=O) groups excluding carboxylic acids is 1. The van der Waals surface area contributed by atoms with E-state index in [-0.39, 0.29) is 18.1 Å². The van der Waals surface area contributed by atoms with Gasteiger partial charge in [-0.15, -0.1) is 16.4 Å². The Kier molecular flexibility index (Phi) is 3.09. The number of nitrogens with one attached hydrogen (secondary N) is 1. The molecule has 3 rings (SSSR count). The second kappa shape index (κ2) is 4.91. The van der Waals surface area contributed by atoms with Crippen molar-refractivity contribution in [1.82, 2.24) is 19.6 Å². The molecule has 0 saturated carbocycles. The number of pyridine rings is 1. The molecule has 3 aromatic heterocycles. The van der Waals surface area contributed by atoms with Crippen LogP contribution in [0.2, 0.25) is 0 Å². The van der Waals surface area contributed by atoms with Gasteiger partial charge >= 0.3 is 5.69 Å². The molecule has 3 N–H and O–H groups in total. The maximum atomic E-state index is 12.1. The Morgan fingerprint density at radius 3 is 3.00 bits per heavy atom. The lowest BCUT2D eigenvalue weighted by atomic mass is 10.2. The van der Waals surface area contributed by atoms with Crippen molar-refractivity contribution in [3.05, 3.63) is 56.8 Å². The van der Waals surface area contributed by atoms with Gasteiger partial charge in [-0.1, -0.05) is 6.07 Å². The molecular formula is C12H11N5O2S. The van der Waals surface area contributed by atoms with Crippen LogP contribution in [0.15, 0.2) is 40.6 Å². The Hall–Kier alpha value is -2.45. The van der Waals surface area contributed by atoms with Crippen molar-refractivity contribution in [1.29, 1.82) is 0 Å². The Morgan fingerprint density at radius 1 is 1.40 bits per heavy atom. The Morgan fingerprint density at radius 2 is 2.25 bits per heavy atom. The van der Waals surface area contributed by atoms with Crippen LogP contribution in [0, 0.1) is 0 Å². The van der Waals surface area contributed by atoms with Crippen LogP contribution in [0.5, 0.6) is 0 Å². The van der Waals surface area contributed by atoms with Gasteiger partial charge in [0.25, 0.3) is 5.91 Å². The minimum absolute atomic E-state index is 0.229. The summed E-state index contributed by atoms with van der Waals surface area (Å²) in [4.78, 5) is 24.2. The van der Waals surface area contributed by atoms with E-state index in [0.29, 0.717) is 16.1 Å². The Labute approximate surface area is 117 Å². The van der Waals surface area contributed by atoms with Gasteiger partial charge in [-0.3, -0.25) is 14.6 Å². The number of thiophene rings is 1.